The Morgan fingerprint density at radius 1 is 1.27 bits per heavy atom. The summed E-state index contributed by atoms with van der Waals surface area (Å²) in [5.41, 5.74) is 2.46. The third kappa shape index (κ3) is 3.00. The molecule has 2 aromatic rings. The molecule has 4 heterocycles. The number of aromatic amines is 1. The van der Waals surface area contributed by atoms with Crippen molar-refractivity contribution in [3.05, 3.63) is 24.0 Å². The van der Waals surface area contributed by atoms with Gasteiger partial charge in [0.05, 0.1) is 24.1 Å². The Hall–Kier alpha value is -2.29. The lowest BCUT2D eigenvalue weighted by Crippen LogP contribution is -2.57. The van der Waals surface area contributed by atoms with E-state index in [1.54, 1.807) is 11.0 Å². The molecule has 1 spiro atoms. The fourth-order valence-electron chi connectivity index (χ4n) is 4.45. The number of nitrogens with zero attached hydrogens (tertiary/aromatic N) is 7. The van der Waals surface area contributed by atoms with Gasteiger partial charge in [0.2, 0.25) is 5.91 Å². The molecule has 0 atom stereocenters. The van der Waals surface area contributed by atoms with E-state index in [4.69, 9.17) is 0 Å². The van der Waals surface area contributed by atoms with Gasteiger partial charge in [-0.1, -0.05) is 6.92 Å². The first kappa shape index (κ1) is 17.1. The number of tetrazole rings is 1. The minimum atomic E-state index is -0.0177. The number of aromatic nitrogens is 6. The molecule has 140 valence electrons. The maximum absolute atomic E-state index is 12.6. The molecule has 2 aliphatic rings. The molecule has 9 heteroatoms. The number of likely N-dealkylation sites (tertiary alicyclic amines) is 1. The normalized spacial score (nSPS) is 19.7. The molecule has 1 amide bonds. The smallest absolute Gasteiger partial charge is 0.224 e. The summed E-state index contributed by atoms with van der Waals surface area (Å²) in [6.07, 6.45) is 7.86. The number of imidazole rings is 1. The van der Waals surface area contributed by atoms with Crippen LogP contribution in [0.25, 0.3) is 0 Å². The fourth-order valence-corrected chi connectivity index (χ4v) is 4.45. The van der Waals surface area contributed by atoms with E-state index in [1.807, 2.05) is 11.2 Å². The molecule has 4 rings (SSSR count). The van der Waals surface area contributed by atoms with E-state index < -0.39 is 0 Å². The number of H-pyrrole nitrogens is 1. The maximum atomic E-state index is 12.6. The highest BCUT2D eigenvalue weighted by Gasteiger charge is 2.46. The van der Waals surface area contributed by atoms with E-state index in [0.717, 1.165) is 51.9 Å². The molecule has 0 unspecified atom stereocenters. The van der Waals surface area contributed by atoms with Crippen molar-refractivity contribution in [3.8, 4) is 0 Å². The van der Waals surface area contributed by atoms with E-state index >= 15 is 0 Å². The van der Waals surface area contributed by atoms with Crippen molar-refractivity contribution in [3.63, 3.8) is 0 Å². The molecule has 26 heavy (non-hydrogen) atoms. The first-order valence-corrected chi connectivity index (χ1v) is 9.49. The average Bonchev–Trinajstić information content (AvgIpc) is 3.35. The number of hydrogen-bond acceptors (Lipinski definition) is 6. The first-order valence-electron chi connectivity index (χ1n) is 9.49. The van der Waals surface area contributed by atoms with Crippen molar-refractivity contribution in [2.24, 2.45) is 0 Å². The third-order valence-corrected chi connectivity index (χ3v) is 5.78. The van der Waals surface area contributed by atoms with Gasteiger partial charge in [0.25, 0.3) is 0 Å². The van der Waals surface area contributed by atoms with Gasteiger partial charge in [-0.3, -0.25) is 9.69 Å². The van der Waals surface area contributed by atoms with Gasteiger partial charge in [-0.15, -0.1) is 5.10 Å². The molecule has 9 nitrogen and oxygen atoms in total. The van der Waals surface area contributed by atoms with Crippen LogP contribution in [0.2, 0.25) is 0 Å². The van der Waals surface area contributed by atoms with Crippen molar-refractivity contribution in [2.45, 2.75) is 51.1 Å². The number of hydrogen-bond donors (Lipinski definition) is 1. The molecular formula is C17H26N8O. The van der Waals surface area contributed by atoms with Crippen molar-refractivity contribution in [1.29, 1.82) is 0 Å². The Balaban J connectivity index is 1.43. The average molecular weight is 358 g/mol. The van der Waals surface area contributed by atoms with Crippen LogP contribution in [0.15, 0.2) is 12.7 Å². The lowest BCUT2D eigenvalue weighted by atomic mass is 9.78. The second-order valence-electron chi connectivity index (χ2n) is 7.20. The first-order chi connectivity index (χ1) is 12.7. The lowest BCUT2D eigenvalue weighted by molar-refractivity contribution is -0.134. The number of fused-ring (bicyclic) bond motifs is 2. The van der Waals surface area contributed by atoms with Gasteiger partial charge in [0.1, 0.15) is 6.33 Å². The number of carbonyl (C=O) groups is 1. The van der Waals surface area contributed by atoms with E-state index in [0.29, 0.717) is 13.0 Å². The Bertz CT molecular complexity index is 732. The topological polar surface area (TPSA) is 95.8 Å². The Morgan fingerprint density at radius 2 is 2.12 bits per heavy atom. The van der Waals surface area contributed by atoms with Crippen LogP contribution in [0.3, 0.4) is 0 Å². The predicted octanol–water partition coefficient (Wildman–Crippen LogP) is 0.572. The molecular weight excluding hydrogens is 332 g/mol. The molecule has 2 aromatic heterocycles. The van der Waals surface area contributed by atoms with E-state index in [1.165, 1.54) is 11.4 Å². The van der Waals surface area contributed by atoms with Gasteiger partial charge in [-0.25, -0.2) is 9.67 Å². The largest absolute Gasteiger partial charge is 0.348 e. The molecule has 0 radical (unpaired) electrons. The van der Waals surface area contributed by atoms with Gasteiger partial charge in [0.15, 0.2) is 0 Å². The summed E-state index contributed by atoms with van der Waals surface area (Å²) in [7, 11) is 0. The van der Waals surface area contributed by atoms with Crippen molar-refractivity contribution in [1.82, 2.24) is 40.0 Å². The van der Waals surface area contributed by atoms with Gasteiger partial charge in [-0.05, 0) is 36.2 Å². The highest BCUT2D eigenvalue weighted by atomic mass is 16.2. The molecule has 0 bridgehead atoms. The summed E-state index contributed by atoms with van der Waals surface area (Å²) in [6.45, 7) is 6.46. The van der Waals surface area contributed by atoms with Gasteiger partial charge >= 0.3 is 0 Å². The number of rotatable bonds is 5. The number of carbonyl (C=O) groups excluding carboxylic acids is 1. The Morgan fingerprint density at radius 3 is 2.85 bits per heavy atom. The molecule has 1 N–H and O–H groups in total. The van der Waals surface area contributed by atoms with Crippen LogP contribution in [0, 0.1) is 0 Å². The quantitative estimate of drug-likeness (QED) is 0.840. The van der Waals surface area contributed by atoms with Crippen LogP contribution in [0.1, 0.15) is 44.0 Å². The predicted molar refractivity (Wildman–Crippen MR) is 94.1 cm³/mol. The molecule has 0 aromatic carbocycles. The van der Waals surface area contributed by atoms with Gasteiger partial charge < -0.3 is 9.88 Å². The molecule has 0 saturated carbocycles. The van der Waals surface area contributed by atoms with Crippen molar-refractivity contribution >= 4 is 5.91 Å². The number of nitrogens with one attached hydrogen (secondary N) is 1. The van der Waals surface area contributed by atoms with Crippen LogP contribution < -0.4 is 0 Å². The van der Waals surface area contributed by atoms with Crippen LogP contribution in [0.4, 0.5) is 0 Å². The second-order valence-corrected chi connectivity index (χ2v) is 7.20. The van der Waals surface area contributed by atoms with E-state index in [9.17, 15) is 4.79 Å². The van der Waals surface area contributed by atoms with Crippen LogP contribution in [0.5, 0.6) is 0 Å². The summed E-state index contributed by atoms with van der Waals surface area (Å²) in [4.78, 5) is 25.2. The SMILES string of the molecule is CCCN1CCc2[nH]cnc2C12CCN(C(=O)CCn1cnnn1)CC2. The summed E-state index contributed by atoms with van der Waals surface area (Å²) in [6, 6.07) is 0. The van der Waals surface area contributed by atoms with Crippen LogP contribution >= 0.6 is 0 Å². The summed E-state index contributed by atoms with van der Waals surface area (Å²) >= 11 is 0. The minimum Gasteiger partial charge on any atom is -0.348 e. The summed E-state index contributed by atoms with van der Waals surface area (Å²) in [5, 5.41) is 11.0. The van der Waals surface area contributed by atoms with Crippen molar-refractivity contribution < 1.29 is 4.79 Å². The zero-order chi connectivity index (χ0) is 18.0. The lowest BCUT2D eigenvalue weighted by Gasteiger charge is -2.50. The fraction of sp³-hybridized carbons (Fsp3) is 0.706. The van der Waals surface area contributed by atoms with Gasteiger partial charge in [-0.2, -0.15) is 0 Å². The monoisotopic (exact) mass is 358 g/mol. The number of aryl methyl sites for hydroxylation is 1. The molecule has 2 aliphatic heterocycles. The third-order valence-electron chi connectivity index (χ3n) is 5.78. The Labute approximate surface area is 152 Å². The molecule has 0 aliphatic carbocycles. The summed E-state index contributed by atoms with van der Waals surface area (Å²) < 4.78 is 1.60. The zero-order valence-corrected chi connectivity index (χ0v) is 15.3. The number of piperidine rings is 1. The minimum absolute atomic E-state index is 0.0177. The Kier molecular flexibility index (Phi) is 4.71. The van der Waals surface area contributed by atoms with Crippen LogP contribution in [-0.4, -0.2) is 72.1 Å². The van der Waals surface area contributed by atoms with E-state index in [2.05, 4.69) is 37.3 Å². The van der Waals surface area contributed by atoms with E-state index in [-0.39, 0.29) is 11.4 Å². The standard InChI is InChI=1S/C17H26N8O/c1-2-7-24-8-3-14-16(19-12-18-14)17(24)5-10-23(11-6-17)15(26)4-9-25-13-20-21-22-25/h12-13H,2-11H2,1H3,(H,18,19). The summed E-state index contributed by atoms with van der Waals surface area (Å²) in [5.74, 6) is 0.176. The second kappa shape index (κ2) is 7.14. The van der Waals surface area contributed by atoms with Crippen LogP contribution in [-0.2, 0) is 23.3 Å². The zero-order valence-electron chi connectivity index (χ0n) is 15.3. The molecule has 1 saturated heterocycles. The highest BCUT2D eigenvalue weighted by Crippen LogP contribution is 2.42. The van der Waals surface area contributed by atoms with Crippen molar-refractivity contribution in [2.75, 3.05) is 26.2 Å². The number of amides is 1. The molecule has 1 fully saturated rings. The van der Waals surface area contributed by atoms with Gasteiger partial charge in [0, 0.05) is 38.2 Å². The maximum Gasteiger partial charge on any atom is 0.224 e. The highest BCUT2D eigenvalue weighted by molar-refractivity contribution is 5.76.